The minimum absolute atomic E-state index is 0.172. The van der Waals surface area contributed by atoms with Gasteiger partial charge in [-0.05, 0) is 29.9 Å². The molecule has 0 unspecified atom stereocenters. The van der Waals surface area contributed by atoms with E-state index in [0.717, 1.165) is 32.2 Å². The zero-order valence-corrected chi connectivity index (χ0v) is 14.2. The van der Waals surface area contributed by atoms with Gasteiger partial charge in [0.05, 0.1) is 13.2 Å². The fourth-order valence-electron chi connectivity index (χ4n) is 6.06. The summed E-state index contributed by atoms with van der Waals surface area (Å²) in [7, 11) is 0. The number of hydrogen-bond donors (Lipinski definition) is 0. The van der Waals surface area contributed by atoms with Crippen molar-refractivity contribution in [3.63, 3.8) is 0 Å². The normalized spacial score (nSPS) is 31.6. The van der Waals surface area contributed by atoms with E-state index in [0.29, 0.717) is 5.54 Å². The number of nitrogens with zero attached hydrogens (tertiary/aromatic N) is 1. The van der Waals surface area contributed by atoms with Gasteiger partial charge in [0.1, 0.15) is 0 Å². The number of ether oxygens (including phenoxy) is 1. The number of rotatable bonds is 3. The predicted molar refractivity (Wildman–Crippen MR) is 96.1 cm³/mol. The average molecular weight is 319 g/mol. The van der Waals surface area contributed by atoms with Crippen LogP contribution < -0.4 is 0 Å². The molecule has 2 nitrogen and oxygen atoms in total. The van der Waals surface area contributed by atoms with Crippen molar-refractivity contribution in [3.8, 4) is 0 Å². The van der Waals surface area contributed by atoms with Crippen molar-refractivity contribution < 1.29 is 4.74 Å². The molecule has 0 aromatic heterocycles. The Bertz CT molecular complexity index is 668. The highest BCUT2D eigenvalue weighted by molar-refractivity contribution is 5.57. The first-order chi connectivity index (χ1) is 11.9. The van der Waals surface area contributed by atoms with Crippen molar-refractivity contribution in [3.05, 3.63) is 71.8 Å². The molecule has 2 aromatic rings. The van der Waals surface area contributed by atoms with Gasteiger partial charge in [0.15, 0.2) is 0 Å². The fourth-order valence-corrected chi connectivity index (χ4v) is 6.06. The van der Waals surface area contributed by atoms with Crippen molar-refractivity contribution in [1.29, 1.82) is 0 Å². The van der Waals surface area contributed by atoms with Crippen molar-refractivity contribution >= 4 is 0 Å². The van der Waals surface area contributed by atoms with Crippen molar-refractivity contribution in [2.45, 2.75) is 30.2 Å². The van der Waals surface area contributed by atoms with Crippen LogP contribution in [-0.4, -0.2) is 36.7 Å². The number of fused-ring (bicyclic) bond motifs is 1. The summed E-state index contributed by atoms with van der Waals surface area (Å²) in [5.74, 6) is 0.743. The Morgan fingerprint density at radius 3 is 2.00 bits per heavy atom. The van der Waals surface area contributed by atoms with Crippen LogP contribution in [0, 0.1) is 5.92 Å². The van der Waals surface area contributed by atoms with E-state index in [2.05, 4.69) is 65.6 Å². The number of benzene rings is 2. The van der Waals surface area contributed by atoms with Gasteiger partial charge < -0.3 is 4.74 Å². The van der Waals surface area contributed by atoms with E-state index in [9.17, 15) is 0 Å². The van der Waals surface area contributed by atoms with Gasteiger partial charge in [-0.3, -0.25) is 4.90 Å². The molecule has 1 aliphatic heterocycles. The van der Waals surface area contributed by atoms with Gasteiger partial charge in [0.2, 0.25) is 0 Å². The standard InChI is InChI=1S/C22H25NO/c1-3-8-18(9-4-1)22(19-10-5-2-6-11-19)20-12-7-13-21(20,22)23-14-16-24-17-15-23/h1-6,8-11,20H,7,12-17H2/t20-,21-/m0/s1. The highest BCUT2D eigenvalue weighted by Crippen LogP contribution is 2.76. The van der Waals surface area contributed by atoms with E-state index in [-0.39, 0.29) is 5.41 Å². The summed E-state index contributed by atoms with van der Waals surface area (Å²) < 4.78 is 5.66. The molecule has 0 bridgehead atoms. The molecule has 5 rings (SSSR count). The van der Waals surface area contributed by atoms with Crippen LogP contribution in [0.2, 0.25) is 0 Å². The van der Waals surface area contributed by atoms with E-state index in [1.165, 1.54) is 30.4 Å². The molecule has 0 N–H and O–H groups in total. The zero-order valence-electron chi connectivity index (χ0n) is 14.2. The average Bonchev–Trinajstić information content (AvgIpc) is 3.01. The largest absolute Gasteiger partial charge is 0.379 e. The lowest BCUT2D eigenvalue weighted by atomic mass is 9.79. The summed E-state index contributed by atoms with van der Waals surface area (Å²) in [5, 5.41) is 0. The van der Waals surface area contributed by atoms with Crippen LogP contribution in [0.25, 0.3) is 0 Å². The zero-order chi connectivity index (χ0) is 16.0. The second-order valence-electron chi connectivity index (χ2n) is 7.51. The summed E-state index contributed by atoms with van der Waals surface area (Å²) in [4.78, 5) is 2.77. The summed E-state index contributed by atoms with van der Waals surface area (Å²) >= 11 is 0. The first-order valence-corrected chi connectivity index (χ1v) is 9.34. The van der Waals surface area contributed by atoms with E-state index in [1.54, 1.807) is 0 Å². The Morgan fingerprint density at radius 2 is 1.42 bits per heavy atom. The van der Waals surface area contributed by atoms with Crippen LogP contribution in [0.4, 0.5) is 0 Å². The van der Waals surface area contributed by atoms with Crippen LogP contribution in [0.5, 0.6) is 0 Å². The SMILES string of the molecule is c1ccc(C2(c3ccccc3)[C@H]3CCC[C@]32N2CCOCC2)cc1. The van der Waals surface area contributed by atoms with Gasteiger partial charge in [-0.1, -0.05) is 67.1 Å². The Morgan fingerprint density at radius 1 is 0.833 bits per heavy atom. The summed E-state index contributed by atoms with van der Waals surface area (Å²) in [6, 6.07) is 22.5. The molecule has 24 heavy (non-hydrogen) atoms. The molecular weight excluding hydrogens is 294 g/mol. The highest BCUT2D eigenvalue weighted by Gasteiger charge is 2.80. The molecule has 124 valence electrons. The van der Waals surface area contributed by atoms with Gasteiger partial charge >= 0.3 is 0 Å². The maximum absolute atomic E-state index is 5.66. The van der Waals surface area contributed by atoms with E-state index in [1.807, 2.05) is 0 Å². The molecule has 3 fully saturated rings. The van der Waals surface area contributed by atoms with Crippen LogP contribution in [-0.2, 0) is 10.2 Å². The third kappa shape index (κ3) is 1.73. The first kappa shape index (κ1) is 14.7. The third-order valence-electron chi connectivity index (χ3n) is 6.78. The Balaban J connectivity index is 1.68. The summed E-state index contributed by atoms with van der Waals surface area (Å²) in [6.07, 6.45) is 4.03. The molecule has 0 spiro atoms. The molecule has 0 radical (unpaired) electrons. The van der Waals surface area contributed by atoms with Crippen LogP contribution in [0.1, 0.15) is 30.4 Å². The molecule has 3 aliphatic rings. The molecule has 2 aromatic carbocycles. The Labute approximate surface area is 144 Å². The van der Waals surface area contributed by atoms with Crippen LogP contribution in [0.15, 0.2) is 60.7 Å². The smallest absolute Gasteiger partial charge is 0.0594 e. The molecule has 2 saturated carbocycles. The van der Waals surface area contributed by atoms with Gasteiger partial charge in [0, 0.05) is 24.0 Å². The Hall–Kier alpha value is -1.64. The van der Waals surface area contributed by atoms with Gasteiger partial charge in [0.25, 0.3) is 0 Å². The topological polar surface area (TPSA) is 12.5 Å². The molecular formula is C22H25NO. The summed E-state index contributed by atoms with van der Waals surface area (Å²) in [5.41, 5.74) is 3.49. The lowest BCUT2D eigenvalue weighted by Gasteiger charge is -2.39. The minimum atomic E-state index is 0.172. The second kappa shape index (κ2) is 5.44. The lowest BCUT2D eigenvalue weighted by Crippen LogP contribution is -2.49. The van der Waals surface area contributed by atoms with Gasteiger partial charge in [-0.15, -0.1) is 0 Å². The molecule has 1 saturated heterocycles. The maximum Gasteiger partial charge on any atom is 0.0594 e. The predicted octanol–water partition coefficient (Wildman–Crippen LogP) is 3.86. The van der Waals surface area contributed by atoms with Gasteiger partial charge in [-0.25, -0.2) is 0 Å². The fraction of sp³-hybridized carbons (Fsp3) is 0.455. The molecule has 2 aliphatic carbocycles. The van der Waals surface area contributed by atoms with Gasteiger partial charge in [-0.2, -0.15) is 0 Å². The lowest BCUT2D eigenvalue weighted by molar-refractivity contribution is 0.00308. The number of morpholine rings is 1. The first-order valence-electron chi connectivity index (χ1n) is 9.34. The maximum atomic E-state index is 5.66. The van der Waals surface area contributed by atoms with Crippen LogP contribution >= 0.6 is 0 Å². The minimum Gasteiger partial charge on any atom is -0.379 e. The molecule has 1 heterocycles. The number of hydrogen-bond acceptors (Lipinski definition) is 2. The second-order valence-corrected chi connectivity index (χ2v) is 7.51. The van der Waals surface area contributed by atoms with Crippen molar-refractivity contribution in [2.75, 3.05) is 26.3 Å². The van der Waals surface area contributed by atoms with Crippen LogP contribution in [0.3, 0.4) is 0 Å². The monoisotopic (exact) mass is 319 g/mol. The summed E-state index contributed by atoms with van der Waals surface area (Å²) in [6.45, 7) is 3.93. The molecule has 2 atom stereocenters. The third-order valence-corrected chi connectivity index (χ3v) is 6.78. The Kier molecular flexibility index (Phi) is 3.33. The molecule has 0 amide bonds. The van der Waals surface area contributed by atoms with E-state index in [4.69, 9.17) is 4.74 Å². The van der Waals surface area contributed by atoms with Crippen molar-refractivity contribution in [1.82, 2.24) is 4.90 Å². The molecule has 2 heteroatoms. The highest BCUT2D eigenvalue weighted by atomic mass is 16.5. The quantitative estimate of drug-likeness (QED) is 0.852. The van der Waals surface area contributed by atoms with E-state index < -0.39 is 0 Å². The van der Waals surface area contributed by atoms with E-state index >= 15 is 0 Å². The van der Waals surface area contributed by atoms with Crippen molar-refractivity contribution in [2.24, 2.45) is 5.92 Å².